The molecular formula is C17H14N2OS. The minimum absolute atomic E-state index is 0.0494. The van der Waals surface area contributed by atoms with Gasteiger partial charge in [0.25, 0.3) is 5.56 Å². The van der Waals surface area contributed by atoms with Crippen LogP contribution < -0.4 is 10.9 Å². The first-order valence-electron chi connectivity index (χ1n) is 6.82. The van der Waals surface area contributed by atoms with Crippen molar-refractivity contribution in [3.63, 3.8) is 0 Å². The van der Waals surface area contributed by atoms with Crippen molar-refractivity contribution in [2.24, 2.45) is 7.05 Å². The fourth-order valence-corrected chi connectivity index (χ4v) is 3.84. The highest BCUT2D eigenvalue weighted by Crippen LogP contribution is 2.44. The first-order chi connectivity index (χ1) is 10.1. The van der Waals surface area contributed by atoms with E-state index in [9.17, 15) is 4.79 Å². The van der Waals surface area contributed by atoms with Crippen molar-refractivity contribution < 1.29 is 0 Å². The van der Waals surface area contributed by atoms with E-state index in [1.54, 1.807) is 16.3 Å². The van der Waals surface area contributed by atoms with E-state index in [2.05, 4.69) is 18.3 Å². The topological polar surface area (TPSA) is 34.0 Å². The molecule has 0 saturated heterocycles. The highest BCUT2D eigenvalue weighted by atomic mass is 32.2. The van der Waals surface area contributed by atoms with Crippen molar-refractivity contribution in [1.29, 1.82) is 0 Å². The first-order valence-corrected chi connectivity index (χ1v) is 7.64. The van der Waals surface area contributed by atoms with Gasteiger partial charge < -0.3 is 9.88 Å². The molecular weight excluding hydrogens is 280 g/mol. The van der Waals surface area contributed by atoms with Gasteiger partial charge in [0.2, 0.25) is 0 Å². The SMILES string of the molecule is Cc1ccc2c(c1)c1c(c(=O)n2C)Sc2ccccc2N1. The predicted octanol–water partition coefficient (Wildman–Crippen LogP) is 4.06. The summed E-state index contributed by atoms with van der Waals surface area (Å²) in [5.74, 6) is 0. The Morgan fingerprint density at radius 3 is 2.81 bits per heavy atom. The molecule has 1 N–H and O–H groups in total. The van der Waals surface area contributed by atoms with E-state index in [0.29, 0.717) is 0 Å². The van der Waals surface area contributed by atoms with Crippen LogP contribution in [0.1, 0.15) is 5.56 Å². The van der Waals surface area contributed by atoms with Gasteiger partial charge in [-0.3, -0.25) is 4.79 Å². The summed E-state index contributed by atoms with van der Waals surface area (Å²) >= 11 is 1.55. The zero-order chi connectivity index (χ0) is 14.6. The number of pyridine rings is 1. The van der Waals surface area contributed by atoms with Gasteiger partial charge in [-0.2, -0.15) is 0 Å². The van der Waals surface area contributed by atoms with Crippen molar-refractivity contribution in [2.45, 2.75) is 16.7 Å². The second-order valence-electron chi connectivity index (χ2n) is 5.31. The lowest BCUT2D eigenvalue weighted by atomic mass is 10.1. The molecule has 1 aliphatic heterocycles. The molecule has 4 rings (SSSR count). The van der Waals surface area contributed by atoms with Gasteiger partial charge in [0, 0.05) is 17.3 Å². The summed E-state index contributed by atoms with van der Waals surface area (Å²) in [7, 11) is 1.83. The summed E-state index contributed by atoms with van der Waals surface area (Å²) in [6, 6.07) is 14.3. The molecule has 0 fully saturated rings. The molecule has 0 aliphatic carbocycles. The second kappa shape index (κ2) is 4.40. The van der Waals surface area contributed by atoms with Crippen LogP contribution in [-0.2, 0) is 7.05 Å². The maximum absolute atomic E-state index is 12.6. The normalized spacial score (nSPS) is 12.7. The Bertz CT molecular complexity index is 943. The molecule has 0 bridgehead atoms. The summed E-state index contributed by atoms with van der Waals surface area (Å²) in [5.41, 5.74) is 4.19. The Balaban J connectivity index is 2.09. The number of nitrogens with zero attached hydrogens (tertiary/aromatic N) is 1. The van der Waals surface area contributed by atoms with Gasteiger partial charge in [-0.05, 0) is 31.2 Å². The van der Waals surface area contributed by atoms with E-state index in [0.717, 1.165) is 32.1 Å². The number of aromatic nitrogens is 1. The average Bonchev–Trinajstić information content (AvgIpc) is 2.51. The number of hydrogen-bond acceptors (Lipinski definition) is 3. The lowest BCUT2D eigenvalue weighted by molar-refractivity contribution is 0.876. The van der Waals surface area contributed by atoms with E-state index in [1.807, 2.05) is 43.4 Å². The van der Waals surface area contributed by atoms with Gasteiger partial charge in [0.05, 0.1) is 16.9 Å². The number of nitrogens with one attached hydrogen (secondary N) is 1. The largest absolute Gasteiger partial charge is 0.353 e. The molecule has 1 aromatic heterocycles. The number of benzene rings is 2. The van der Waals surface area contributed by atoms with E-state index >= 15 is 0 Å². The molecule has 0 unspecified atom stereocenters. The van der Waals surface area contributed by atoms with E-state index in [1.165, 1.54) is 5.56 Å². The van der Waals surface area contributed by atoms with Gasteiger partial charge in [-0.1, -0.05) is 35.5 Å². The summed E-state index contributed by atoms with van der Waals surface area (Å²) in [6.07, 6.45) is 0. The second-order valence-corrected chi connectivity index (χ2v) is 6.36. The zero-order valence-electron chi connectivity index (χ0n) is 11.8. The monoisotopic (exact) mass is 294 g/mol. The predicted molar refractivity (Wildman–Crippen MR) is 87.8 cm³/mol. The molecule has 0 atom stereocenters. The van der Waals surface area contributed by atoms with Crippen molar-refractivity contribution in [3.05, 3.63) is 58.4 Å². The van der Waals surface area contributed by atoms with Crippen molar-refractivity contribution in [1.82, 2.24) is 4.57 Å². The fourth-order valence-electron chi connectivity index (χ4n) is 2.76. The number of para-hydroxylation sites is 1. The number of fused-ring (bicyclic) bond motifs is 4. The molecule has 4 heteroatoms. The van der Waals surface area contributed by atoms with Crippen molar-refractivity contribution in [3.8, 4) is 0 Å². The number of rotatable bonds is 0. The minimum Gasteiger partial charge on any atom is -0.353 e. The van der Waals surface area contributed by atoms with E-state index < -0.39 is 0 Å². The maximum Gasteiger partial charge on any atom is 0.266 e. The van der Waals surface area contributed by atoms with Crippen LogP contribution in [0.5, 0.6) is 0 Å². The maximum atomic E-state index is 12.6. The highest BCUT2D eigenvalue weighted by Gasteiger charge is 2.22. The molecule has 0 spiro atoms. The molecule has 1 aliphatic rings. The van der Waals surface area contributed by atoms with Gasteiger partial charge in [0.15, 0.2) is 0 Å². The van der Waals surface area contributed by atoms with Gasteiger partial charge in [-0.15, -0.1) is 0 Å². The Hall–Kier alpha value is -2.20. The fraction of sp³-hybridized carbons (Fsp3) is 0.118. The summed E-state index contributed by atoms with van der Waals surface area (Å²) < 4.78 is 1.73. The summed E-state index contributed by atoms with van der Waals surface area (Å²) in [6.45, 7) is 2.07. The van der Waals surface area contributed by atoms with E-state index in [4.69, 9.17) is 0 Å². The van der Waals surface area contributed by atoms with E-state index in [-0.39, 0.29) is 5.56 Å². The Labute approximate surface area is 126 Å². The molecule has 0 saturated carbocycles. The van der Waals surface area contributed by atoms with Crippen LogP contribution in [0.25, 0.3) is 10.9 Å². The molecule has 104 valence electrons. The zero-order valence-corrected chi connectivity index (χ0v) is 12.6. The molecule has 0 radical (unpaired) electrons. The summed E-state index contributed by atoms with van der Waals surface area (Å²) in [4.78, 5) is 14.5. The molecule has 21 heavy (non-hydrogen) atoms. The van der Waals surface area contributed by atoms with Crippen LogP contribution in [0.15, 0.2) is 57.1 Å². The number of anilines is 2. The standard InChI is InChI=1S/C17H14N2OS/c1-10-7-8-13-11(9-10)15-16(17(20)19(13)2)21-14-6-4-3-5-12(14)18-15/h3-9,18H,1-2H3. The van der Waals surface area contributed by atoms with Crippen LogP contribution in [0, 0.1) is 6.92 Å². The highest BCUT2D eigenvalue weighted by molar-refractivity contribution is 7.99. The van der Waals surface area contributed by atoms with Crippen molar-refractivity contribution in [2.75, 3.05) is 5.32 Å². The van der Waals surface area contributed by atoms with Gasteiger partial charge >= 0.3 is 0 Å². The Kier molecular flexibility index (Phi) is 2.62. The third kappa shape index (κ3) is 1.79. The van der Waals surface area contributed by atoms with Crippen LogP contribution in [-0.4, -0.2) is 4.57 Å². The quantitative estimate of drug-likeness (QED) is 0.531. The molecule has 3 aromatic rings. The lowest BCUT2D eigenvalue weighted by Gasteiger charge is -2.23. The Morgan fingerprint density at radius 1 is 1.14 bits per heavy atom. The van der Waals surface area contributed by atoms with Crippen LogP contribution in [0.3, 0.4) is 0 Å². The summed E-state index contributed by atoms with van der Waals surface area (Å²) in [5, 5.41) is 4.54. The number of hydrogen-bond donors (Lipinski definition) is 1. The lowest BCUT2D eigenvalue weighted by Crippen LogP contribution is -2.22. The minimum atomic E-state index is 0.0494. The molecule has 2 heterocycles. The van der Waals surface area contributed by atoms with Crippen LogP contribution in [0.2, 0.25) is 0 Å². The molecule has 2 aromatic carbocycles. The average molecular weight is 294 g/mol. The Morgan fingerprint density at radius 2 is 1.95 bits per heavy atom. The van der Waals surface area contributed by atoms with Crippen LogP contribution in [0.4, 0.5) is 11.4 Å². The smallest absolute Gasteiger partial charge is 0.266 e. The van der Waals surface area contributed by atoms with Gasteiger partial charge in [0.1, 0.15) is 4.90 Å². The molecule has 0 amide bonds. The third-order valence-electron chi connectivity index (χ3n) is 3.87. The third-order valence-corrected chi connectivity index (χ3v) is 5.03. The van der Waals surface area contributed by atoms with Gasteiger partial charge in [-0.25, -0.2) is 0 Å². The first kappa shape index (κ1) is 12.5. The molecule has 3 nitrogen and oxygen atoms in total. The number of aryl methyl sites for hydroxylation is 2. The van der Waals surface area contributed by atoms with Crippen LogP contribution >= 0.6 is 11.8 Å². The van der Waals surface area contributed by atoms with Crippen molar-refractivity contribution >= 4 is 34.0 Å².